The van der Waals surface area contributed by atoms with Crippen LogP contribution in [-0.4, -0.2) is 53.0 Å². The van der Waals surface area contributed by atoms with Crippen molar-refractivity contribution in [3.05, 3.63) is 35.9 Å². The highest BCUT2D eigenvalue weighted by Gasteiger charge is 2.28. The summed E-state index contributed by atoms with van der Waals surface area (Å²) in [7, 11) is 0. The molecule has 1 N–H and O–H groups in total. The number of piperazine rings is 1. The van der Waals surface area contributed by atoms with E-state index in [4.69, 9.17) is 5.11 Å². The normalized spacial score (nSPS) is 17.8. The van der Waals surface area contributed by atoms with Gasteiger partial charge in [-0.3, -0.25) is 14.5 Å². The lowest BCUT2D eigenvalue weighted by Crippen LogP contribution is -2.50. The maximum Gasteiger partial charge on any atom is 0.315 e. The highest BCUT2D eigenvalue weighted by molar-refractivity contribution is 5.96. The van der Waals surface area contributed by atoms with Gasteiger partial charge in [0.2, 0.25) is 5.91 Å². The van der Waals surface area contributed by atoms with Crippen LogP contribution in [0.15, 0.2) is 30.3 Å². The number of carboxylic acids is 1. The zero-order valence-electron chi connectivity index (χ0n) is 11.7. The summed E-state index contributed by atoms with van der Waals surface area (Å²) >= 11 is 0. The Bertz CT molecular complexity index is 467. The van der Waals surface area contributed by atoms with E-state index in [9.17, 15) is 9.59 Å². The van der Waals surface area contributed by atoms with Gasteiger partial charge in [-0.25, -0.2) is 0 Å². The summed E-state index contributed by atoms with van der Waals surface area (Å²) in [5.74, 6) is -2.28. The second-order valence-corrected chi connectivity index (χ2v) is 5.15. The SMILES string of the molecule is CC(C(=O)O)C(=O)N1CCN(Cc2ccccc2)CC1. The molecule has 1 aromatic carbocycles. The van der Waals surface area contributed by atoms with Crippen molar-refractivity contribution >= 4 is 11.9 Å². The minimum Gasteiger partial charge on any atom is -0.481 e. The highest BCUT2D eigenvalue weighted by atomic mass is 16.4. The number of carbonyl (C=O) groups is 2. The molecule has 5 heteroatoms. The summed E-state index contributed by atoms with van der Waals surface area (Å²) < 4.78 is 0. The van der Waals surface area contributed by atoms with Gasteiger partial charge in [0.25, 0.3) is 0 Å². The molecule has 1 atom stereocenters. The van der Waals surface area contributed by atoms with E-state index < -0.39 is 11.9 Å². The maximum absolute atomic E-state index is 11.9. The average molecular weight is 276 g/mol. The number of carbonyl (C=O) groups excluding carboxylic acids is 1. The Balaban J connectivity index is 1.83. The van der Waals surface area contributed by atoms with E-state index in [0.717, 1.165) is 19.6 Å². The number of hydrogen-bond acceptors (Lipinski definition) is 3. The van der Waals surface area contributed by atoms with Crippen molar-refractivity contribution in [2.75, 3.05) is 26.2 Å². The van der Waals surface area contributed by atoms with Crippen molar-refractivity contribution in [1.29, 1.82) is 0 Å². The average Bonchev–Trinajstić information content (AvgIpc) is 2.47. The largest absolute Gasteiger partial charge is 0.481 e. The van der Waals surface area contributed by atoms with E-state index >= 15 is 0 Å². The first kappa shape index (κ1) is 14.5. The fraction of sp³-hybridized carbons (Fsp3) is 0.467. The van der Waals surface area contributed by atoms with Crippen LogP contribution in [0.5, 0.6) is 0 Å². The Morgan fingerprint density at radius 1 is 1.15 bits per heavy atom. The molecule has 0 spiro atoms. The zero-order valence-corrected chi connectivity index (χ0v) is 11.7. The Labute approximate surface area is 118 Å². The van der Waals surface area contributed by atoms with Crippen LogP contribution in [-0.2, 0) is 16.1 Å². The fourth-order valence-corrected chi connectivity index (χ4v) is 2.35. The van der Waals surface area contributed by atoms with Gasteiger partial charge >= 0.3 is 5.97 Å². The topological polar surface area (TPSA) is 60.9 Å². The van der Waals surface area contributed by atoms with Crippen LogP contribution < -0.4 is 0 Å². The number of nitrogens with zero attached hydrogens (tertiary/aromatic N) is 2. The van der Waals surface area contributed by atoms with E-state index in [1.54, 1.807) is 4.90 Å². The van der Waals surface area contributed by atoms with Crippen LogP contribution >= 0.6 is 0 Å². The van der Waals surface area contributed by atoms with E-state index in [1.807, 2.05) is 18.2 Å². The Hall–Kier alpha value is -1.88. The minimum atomic E-state index is -1.05. The van der Waals surface area contributed by atoms with Gasteiger partial charge in [0.15, 0.2) is 0 Å². The molecule has 108 valence electrons. The summed E-state index contributed by atoms with van der Waals surface area (Å²) in [6.45, 7) is 5.09. The number of rotatable bonds is 4. The van der Waals surface area contributed by atoms with E-state index in [1.165, 1.54) is 12.5 Å². The first-order valence-corrected chi connectivity index (χ1v) is 6.86. The van der Waals surface area contributed by atoms with Gasteiger partial charge in [-0.15, -0.1) is 0 Å². The summed E-state index contributed by atoms with van der Waals surface area (Å²) in [5.41, 5.74) is 1.26. The fourth-order valence-electron chi connectivity index (χ4n) is 2.35. The van der Waals surface area contributed by atoms with Gasteiger partial charge in [0, 0.05) is 32.7 Å². The van der Waals surface area contributed by atoms with E-state index in [-0.39, 0.29) is 5.91 Å². The van der Waals surface area contributed by atoms with Crippen LogP contribution in [0.1, 0.15) is 12.5 Å². The van der Waals surface area contributed by atoms with E-state index in [2.05, 4.69) is 17.0 Å². The molecular weight excluding hydrogens is 256 g/mol. The summed E-state index contributed by atoms with van der Waals surface area (Å²) in [4.78, 5) is 26.7. The summed E-state index contributed by atoms with van der Waals surface area (Å²) in [5, 5.41) is 8.87. The van der Waals surface area contributed by atoms with Crippen molar-refractivity contribution in [2.24, 2.45) is 5.92 Å². The predicted molar refractivity (Wildman–Crippen MR) is 75.1 cm³/mol. The van der Waals surface area contributed by atoms with Crippen LogP contribution in [0, 0.1) is 5.92 Å². The first-order chi connectivity index (χ1) is 9.58. The van der Waals surface area contributed by atoms with Crippen molar-refractivity contribution < 1.29 is 14.7 Å². The third-order valence-electron chi connectivity index (χ3n) is 3.67. The van der Waals surface area contributed by atoms with Crippen LogP contribution in [0.25, 0.3) is 0 Å². The number of benzene rings is 1. The van der Waals surface area contributed by atoms with Crippen LogP contribution in [0.4, 0.5) is 0 Å². The molecule has 1 aromatic rings. The number of aliphatic carboxylic acids is 1. The van der Waals surface area contributed by atoms with Crippen molar-refractivity contribution in [2.45, 2.75) is 13.5 Å². The molecule has 1 aliphatic heterocycles. The van der Waals surface area contributed by atoms with Gasteiger partial charge in [0.1, 0.15) is 5.92 Å². The number of carboxylic acid groups (broad SMARTS) is 1. The second-order valence-electron chi connectivity index (χ2n) is 5.15. The molecule has 1 aliphatic rings. The van der Waals surface area contributed by atoms with Gasteiger partial charge in [-0.1, -0.05) is 30.3 Å². The molecule has 0 saturated carbocycles. The van der Waals surface area contributed by atoms with Crippen molar-refractivity contribution in [3.8, 4) is 0 Å². The lowest BCUT2D eigenvalue weighted by Gasteiger charge is -2.35. The lowest BCUT2D eigenvalue weighted by molar-refractivity contribution is -0.151. The van der Waals surface area contributed by atoms with Crippen molar-refractivity contribution in [1.82, 2.24) is 9.80 Å². The molecule has 0 radical (unpaired) electrons. The molecule has 1 heterocycles. The van der Waals surface area contributed by atoms with Gasteiger partial charge < -0.3 is 10.0 Å². The maximum atomic E-state index is 11.9. The first-order valence-electron chi connectivity index (χ1n) is 6.86. The standard InChI is InChI=1S/C15H20N2O3/c1-12(15(19)20)14(18)17-9-7-16(8-10-17)11-13-5-3-2-4-6-13/h2-6,12H,7-11H2,1H3,(H,19,20). The molecule has 2 rings (SSSR count). The molecule has 1 saturated heterocycles. The lowest BCUT2D eigenvalue weighted by atomic mass is 10.1. The van der Waals surface area contributed by atoms with Crippen LogP contribution in [0.3, 0.4) is 0 Å². The third-order valence-corrected chi connectivity index (χ3v) is 3.67. The quantitative estimate of drug-likeness (QED) is 0.835. The molecule has 0 aliphatic carbocycles. The molecule has 1 unspecified atom stereocenters. The molecule has 0 aromatic heterocycles. The van der Waals surface area contributed by atoms with Crippen LogP contribution in [0.2, 0.25) is 0 Å². The molecule has 1 amide bonds. The smallest absolute Gasteiger partial charge is 0.315 e. The molecule has 1 fully saturated rings. The Morgan fingerprint density at radius 3 is 2.30 bits per heavy atom. The molecule has 0 bridgehead atoms. The molecule has 5 nitrogen and oxygen atoms in total. The zero-order chi connectivity index (χ0) is 14.5. The third kappa shape index (κ3) is 3.57. The van der Waals surface area contributed by atoms with Crippen molar-refractivity contribution in [3.63, 3.8) is 0 Å². The number of hydrogen-bond donors (Lipinski definition) is 1. The minimum absolute atomic E-state index is 0.281. The second kappa shape index (κ2) is 6.52. The predicted octanol–water partition coefficient (Wildman–Crippen LogP) is 1.05. The van der Waals surface area contributed by atoms with E-state index in [0.29, 0.717) is 13.1 Å². The van der Waals surface area contributed by atoms with Gasteiger partial charge in [-0.05, 0) is 12.5 Å². The Kier molecular flexibility index (Phi) is 4.74. The monoisotopic (exact) mass is 276 g/mol. The summed E-state index contributed by atoms with van der Waals surface area (Å²) in [6.07, 6.45) is 0. The summed E-state index contributed by atoms with van der Waals surface area (Å²) in [6, 6.07) is 10.2. The van der Waals surface area contributed by atoms with Gasteiger partial charge in [0.05, 0.1) is 0 Å². The number of amides is 1. The molecular formula is C15H20N2O3. The van der Waals surface area contributed by atoms with Gasteiger partial charge in [-0.2, -0.15) is 0 Å². The molecule has 20 heavy (non-hydrogen) atoms. The highest BCUT2D eigenvalue weighted by Crippen LogP contribution is 2.11. The Morgan fingerprint density at radius 2 is 1.75 bits per heavy atom.